The minimum absolute atomic E-state index is 0.158. The van der Waals surface area contributed by atoms with Crippen molar-refractivity contribution in [3.05, 3.63) is 82.7 Å². The first-order valence-electron chi connectivity index (χ1n) is 9.64. The second-order valence-corrected chi connectivity index (χ2v) is 8.02. The molecule has 0 saturated carbocycles. The molecular formula is C23H23FN4OS. The number of rotatable bonds is 7. The van der Waals surface area contributed by atoms with Crippen LogP contribution in [-0.4, -0.2) is 33.8 Å². The van der Waals surface area contributed by atoms with Crippen molar-refractivity contribution in [1.29, 1.82) is 0 Å². The van der Waals surface area contributed by atoms with Gasteiger partial charge in [-0.3, -0.25) is 4.90 Å². The van der Waals surface area contributed by atoms with E-state index in [4.69, 9.17) is 9.84 Å². The summed E-state index contributed by atoms with van der Waals surface area (Å²) < 4.78 is 21.3. The summed E-state index contributed by atoms with van der Waals surface area (Å²) in [6, 6.07) is 14.6. The smallest absolute Gasteiger partial charge is 0.148 e. The number of halogens is 1. The van der Waals surface area contributed by atoms with E-state index < -0.39 is 0 Å². The Bertz CT molecular complexity index is 1110. The molecule has 2 heterocycles. The van der Waals surface area contributed by atoms with Gasteiger partial charge in [-0.25, -0.2) is 14.1 Å². The topological polar surface area (TPSA) is 43.2 Å². The highest BCUT2D eigenvalue weighted by Gasteiger charge is 2.19. The van der Waals surface area contributed by atoms with Gasteiger partial charge in [0.05, 0.1) is 18.8 Å². The zero-order valence-corrected chi connectivity index (χ0v) is 17.9. The van der Waals surface area contributed by atoms with E-state index in [1.54, 1.807) is 35.3 Å². The maximum atomic E-state index is 14.4. The molecule has 154 valence electrons. The number of benzene rings is 2. The molecule has 1 atom stereocenters. The third-order valence-electron chi connectivity index (χ3n) is 5.14. The summed E-state index contributed by atoms with van der Waals surface area (Å²) in [4.78, 5) is 6.65. The molecule has 4 rings (SSSR count). The van der Waals surface area contributed by atoms with E-state index in [9.17, 15) is 4.39 Å². The molecule has 0 saturated heterocycles. The van der Waals surface area contributed by atoms with Gasteiger partial charge in [0, 0.05) is 35.4 Å². The van der Waals surface area contributed by atoms with Crippen LogP contribution < -0.4 is 4.74 Å². The molecule has 5 nitrogen and oxygen atoms in total. The molecule has 2 aromatic heterocycles. The summed E-state index contributed by atoms with van der Waals surface area (Å²) in [6.07, 6.45) is 3.73. The monoisotopic (exact) mass is 422 g/mol. The first-order valence-corrected chi connectivity index (χ1v) is 10.5. The molecule has 0 amide bonds. The Morgan fingerprint density at radius 1 is 1.17 bits per heavy atom. The number of para-hydroxylation sites is 1. The third kappa shape index (κ3) is 4.13. The van der Waals surface area contributed by atoms with Crippen LogP contribution in [0.5, 0.6) is 5.75 Å². The number of hydrogen-bond acceptors (Lipinski definition) is 5. The van der Waals surface area contributed by atoms with Crippen LogP contribution in [0.25, 0.3) is 16.9 Å². The van der Waals surface area contributed by atoms with E-state index in [0.717, 1.165) is 27.6 Å². The molecule has 0 aliphatic rings. The minimum atomic E-state index is -0.308. The number of thiazole rings is 1. The predicted octanol–water partition coefficient (Wildman–Crippen LogP) is 5.34. The molecule has 0 aliphatic heterocycles. The maximum Gasteiger partial charge on any atom is 0.148 e. The zero-order chi connectivity index (χ0) is 21.1. The van der Waals surface area contributed by atoms with E-state index in [1.807, 2.05) is 48.1 Å². The van der Waals surface area contributed by atoms with Gasteiger partial charge in [-0.1, -0.05) is 12.1 Å². The van der Waals surface area contributed by atoms with Crippen molar-refractivity contribution in [1.82, 2.24) is 19.7 Å². The van der Waals surface area contributed by atoms with E-state index in [1.165, 1.54) is 6.07 Å². The van der Waals surface area contributed by atoms with Crippen LogP contribution in [0.15, 0.2) is 66.3 Å². The van der Waals surface area contributed by atoms with Crippen LogP contribution in [0.4, 0.5) is 4.39 Å². The molecule has 30 heavy (non-hydrogen) atoms. The zero-order valence-electron chi connectivity index (χ0n) is 17.1. The lowest BCUT2D eigenvalue weighted by Gasteiger charge is -2.22. The molecule has 0 aliphatic carbocycles. The Morgan fingerprint density at radius 2 is 1.93 bits per heavy atom. The fourth-order valence-corrected chi connectivity index (χ4v) is 4.07. The number of hydrogen-bond donors (Lipinski definition) is 0. The highest BCUT2D eigenvalue weighted by atomic mass is 32.1. The van der Waals surface area contributed by atoms with Gasteiger partial charge in [0.2, 0.25) is 0 Å². The largest absolute Gasteiger partial charge is 0.497 e. The van der Waals surface area contributed by atoms with Gasteiger partial charge in [-0.2, -0.15) is 5.10 Å². The van der Waals surface area contributed by atoms with Gasteiger partial charge in [0.15, 0.2) is 0 Å². The van der Waals surface area contributed by atoms with E-state index >= 15 is 0 Å². The maximum absolute atomic E-state index is 14.4. The van der Waals surface area contributed by atoms with Crippen molar-refractivity contribution in [2.75, 3.05) is 14.2 Å². The van der Waals surface area contributed by atoms with Crippen molar-refractivity contribution in [3.63, 3.8) is 0 Å². The second kappa shape index (κ2) is 8.77. The molecule has 0 radical (unpaired) electrons. The van der Waals surface area contributed by atoms with Crippen molar-refractivity contribution in [2.24, 2.45) is 0 Å². The standard InChI is InChI=1S/C23H23FN4OS/c1-16(23-25-12-13-30-23)27(2)14-18-15-28(21-7-5-4-6-20(21)24)26-22(18)17-8-10-19(29-3)11-9-17/h4-13,15-16H,14H2,1-3H3. The molecule has 0 bridgehead atoms. The van der Waals surface area contributed by atoms with Crippen molar-refractivity contribution in [2.45, 2.75) is 19.5 Å². The molecule has 2 aromatic carbocycles. The van der Waals surface area contributed by atoms with Gasteiger partial charge >= 0.3 is 0 Å². The van der Waals surface area contributed by atoms with Gasteiger partial charge in [-0.05, 0) is 50.4 Å². The Hall–Kier alpha value is -3.03. The van der Waals surface area contributed by atoms with Gasteiger partial charge in [0.25, 0.3) is 0 Å². The summed E-state index contributed by atoms with van der Waals surface area (Å²) in [5.41, 5.74) is 3.21. The highest BCUT2D eigenvalue weighted by molar-refractivity contribution is 7.09. The Balaban J connectivity index is 1.72. The summed E-state index contributed by atoms with van der Waals surface area (Å²) in [5, 5.41) is 7.78. The Kier molecular flexibility index (Phi) is 5.92. The van der Waals surface area contributed by atoms with Gasteiger partial charge < -0.3 is 4.74 Å². The van der Waals surface area contributed by atoms with E-state index in [0.29, 0.717) is 12.2 Å². The SMILES string of the molecule is COc1ccc(-c2nn(-c3ccccc3F)cc2CN(C)C(C)c2nccs2)cc1. The lowest BCUT2D eigenvalue weighted by Crippen LogP contribution is -2.21. The van der Waals surface area contributed by atoms with Crippen molar-refractivity contribution < 1.29 is 9.13 Å². The normalized spacial score (nSPS) is 12.3. The minimum Gasteiger partial charge on any atom is -0.497 e. The van der Waals surface area contributed by atoms with Crippen LogP contribution in [0, 0.1) is 5.82 Å². The number of methoxy groups -OCH3 is 1. The summed E-state index contributed by atoms with van der Waals surface area (Å²) in [5.74, 6) is 0.473. The molecule has 4 aromatic rings. The van der Waals surface area contributed by atoms with Crippen LogP contribution in [-0.2, 0) is 6.54 Å². The fraction of sp³-hybridized carbons (Fsp3) is 0.217. The average Bonchev–Trinajstić information content (AvgIpc) is 3.44. The summed E-state index contributed by atoms with van der Waals surface area (Å²) in [6.45, 7) is 2.78. The Morgan fingerprint density at radius 3 is 2.60 bits per heavy atom. The quantitative estimate of drug-likeness (QED) is 0.403. The fourth-order valence-electron chi connectivity index (χ4n) is 3.31. The number of aromatic nitrogens is 3. The summed E-state index contributed by atoms with van der Waals surface area (Å²) in [7, 11) is 3.70. The molecule has 0 N–H and O–H groups in total. The van der Waals surface area contributed by atoms with Crippen molar-refractivity contribution >= 4 is 11.3 Å². The lowest BCUT2D eigenvalue weighted by atomic mass is 10.1. The van der Waals surface area contributed by atoms with Crippen LogP contribution in [0.1, 0.15) is 23.5 Å². The van der Waals surface area contributed by atoms with Crippen LogP contribution in [0.3, 0.4) is 0 Å². The first kappa shape index (κ1) is 20.3. The molecule has 1 unspecified atom stereocenters. The predicted molar refractivity (Wildman–Crippen MR) is 118 cm³/mol. The third-order valence-corrected chi connectivity index (χ3v) is 6.09. The first-order chi connectivity index (χ1) is 14.6. The van der Waals surface area contributed by atoms with E-state index in [-0.39, 0.29) is 11.9 Å². The van der Waals surface area contributed by atoms with Gasteiger partial charge in [0.1, 0.15) is 22.3 Å². The highest BCUT2D eigenvalue weighted by Crippen LogP contribution is 2.29. The molecule has 0 fully saturated rings. The molecule has 0 spiro atoms. The molecular weight excluding hydrogens is 399 g/mol. The van der Waals surface area contributed by atoms with E-state index in [2.05, 4.69) is 23.9 Å². The Labute approximate surface area is 179 Å². The number of nitrogens with zero attached hydrogens (tertiary/aromatic N) is 4. The molecule has 7 heteroatoms. The lowest BCUT2D eigenvalue weighted by molar-refractivity contribution is 0.253. The van der Waals surface area contributed by atoms with Gasteiger partial charge in [-0.15, -0.1) is 11.3 Å². The van der Waals surface area contributed by atoms with Crippen LogP contribution in [0.2, 0.25) is 0 Å². The van der Waals surface area contributed by atoms with Crippen LogP contribution >= 0.6 is 11.3 Å². The second-order valence-electron chi connectivity index (χ2n) is 7.09. The summed E-state index contributed by atoms with van der Waals surface area (Å²) >= 11 is 1.64. The number of ether oxygens (including phenoxy) is 1. The van der Waals surface area contributed by atoms with Crippen molar-refractivity contribution in [3.8, 4) is 22.7 Å². The average molecular weight is 423 g/mol.